The predicted octanol–water partition coefficient (Wildman–Crippen LogP) is 4.07. The molecule has 2 unspecified atom stereocenters. The molecule has 2 nitrogen and oxygen atoms in total. The van der Waals surface area contributed by atoms with Gasteiger partial charge in [-0.2, -0.15) is 0 Å². The van der Waals surface area contributed by atoms with Crippen LogP contribution in [0.4, 0.5) is 0 Å². The minimum atomic E-state index is 0.0206. The first kappa shape index (κ1) is 14.1. The second-order valence-electron chi connectivity index (χ2n) is 5.20. The zero-order chi connectivity index (χ0) is 13.1. The van der Waals surface area contributed by atoms with Crippen LogP contribution >= 0.6 is 23.2 Å². The molecule has 18 heavy (non-hydrogen) atoms. The summed E-state index contributed by atoms with van der Waals surface area (Å²) >= 11 is 12.1. The third kappa shape index (κ3) is 3.61. The van der Waals surface area contributed by atoms with Crippen molar-refractivity contribution < 1.29 is 4.74 Å². The lowest BCUT2D eigenvalue weighted by molar-refractivity contribution is -0.0473. The number of halogens is 2. The zero-order valence-corrected chi connectivity index (χ0v) is 12.3. The van der Waals surface area contributed by atoms with Gasteiger partial charge in [0.15, 0.2) is 0 Å². The molecule has 1 aromatic carbocycles. The van der Waals surface area contributed by atoms with Crippen molar-refractivity contribution in [2.45, 2.75) is 32.5 Å². The van der Waals surface area contributed by atoms with Crippen molar-refractivity contribution in [1.82, 2.24) is 5.32 Å². The van der Waals surface area contributed by atoms with Gasteiger partial charge in [0.2, 0.25) is 0 Å². The third-order valence-electron chi connectivity index (χ3n) is 3.10. The van der Waals surface area contributed by atoms with Gasteiger partial charge in [0, 0.05) is 28.7 Å². The summed E-state index contributed by atoms with van der Waals surface area (Å²) in [5.41, 5.74) is 1.02. The Kier molecular flexibility index (Phi) is 4.91. The largest absolute Gasteiger partial charge is 0.368 e. The maximum Gasteiger partial charge on any atom is 0.0968 e. The quantitative estimate of drug-likeness (QED) is 0.905. The molecule has 1 heterocycles. The van der Waals surface area contributed by atoms with Crippen molar-refractivity contribution in [3.05, 3.63) is 33.8 Å². The summed E-state index contributed by atoms with van der Waals surface area (Å²) in [6.07, 6.45) is 1.34. The molecule has 0 spiro atoms. The van der Waals surface area contributed by atoms with Crippen molar-refractivity contribution in [3.8, 4) is 0 Å². The highest BCUT2D eigenvalue weighted by Crippen LogP contribution is 2.31. The van der Waals surface area contributed by atoms with Crippen LogP contribution in [0.15, 0.2) is 18.2 Å². The molecule has 1 saturated heterocycles. The van der Waals surface area contributed by atoms with E-state index in [-0.39, 0.29) is 12.2 Å². The first-order valence-corrected chi connectivity index (χ1v) is 7.13. The number of hydrogen-bond donors (Lipinski definition) is 1. The van der Waals surface area contributed by atoms with Gasteiger partial charge < -0.3 is 10.1 Å². The normalized spacial score (nSPS) is 24.5. The van der Waals surface area contributed by atoms with Gasteiger partial charge in [-0.3, -0.25) is 0 Å². The highest BCUT2D eigenvalue weighted by atomic mass is 35.5. The number of benzene rings is 1. The Morgan fingerprint density at radius 3 is 2.78 bits per heavy atom. The lowest BCUT2D eigenvalue weighted by atomic mass is 10.0. The SMILES string of the molecule is CC(C)CC1CNCC(c2ccc(Cl)cc2Cl)O1. The van der Waals surface area contributed by atoms with Crippen LogP contribution in [0.25, 0.3) is 0 Å². The van der Waals surface area contributed by atoms with E-state index in [0.717, 1.165) is 25.1 Å². The summed E-state index contributed by atoms with van der Waals surface area (Å²) < 4.78 is 6.11. The van der Waals surface area contributed by atoms with E-state index in [9.17, 15) is 0 Å². The van der Waals surface area contributed by atoms with Crippen molar-refractivity contribution in [1.29, 1.82) is 0 Å². The second-order valence-corrected chi connectivity index (χ2v) is 6.04. The van der Waals surface area contributed by atoms with Crippen molar-refractivity contribution in [3.63, 3.8) is 0 Å². The molecule has 0 radical (unpaired) electrons. The molecule has 100 valence electrons. The molecule has 2 rings (SSSR count). The van der Waals surface area contributed by atoms with E-state index in [1.165, 1.54) is 0 Å². The Morgan fingerprint density at radius 2 is 2.11 bits per heavy atom. The summed E-state index contributed by atoms with van der Waals surface area (Å²) in [5.74, 6) is 0.635. The van der Waals surface area contributed by atoms with Gasteiger partial charge in [0.05, 0.1) is 12.2 Å². The Balaban J connectivity index is 2.08. The minimum Gasteiger partial charge on any atom is -0.368 e. The number of ether oxygens (including phenoxy) is 1. The van der Waals surface area contributed by atoms with Crippen LogP contribution in [0.1, 0.15) is 31.9 Å². The van der Waals surface area contributed by atoms with Crippen molar-refractivity contribution in [2.75, 3.05) is 13.1 Å². The van der Waals surface area contributed by atoms with Crippen LogP contribution in [0, 0.1) is 5.92 Å². The van der Waals surface area contributed by atoms with E-state index in [0.29, 0.717) is 16.0 Å². The smallest absolute Gasteiger partial charge is 0.0968 e. The van der Waals surface area contributed by atoms with Crippen molar-refractivity contribution in [2.24, 2.45) is 5.92 Å². The van der Waals surface area contributed by atoms with Crippen LogP contribution < -0.4 is 5.32 Å². The number of hydrogen-bond acceptors (Lipinski definition) is 2. The first-order valence-electron chi connectivity index (χ1n) is 6.37. The van der Waals surface area contributed by atoms with E-state index < -0.39 is 0 Å². The summed E-state index contributed by atoms with van der Waals surface area (Å²) in [6.45, 7) is 6.14. The molecule has 0 aromatic heterocycles. The highest BCUT2D eigenvalue weighted by molar-refractivity contribution is 6.35. The summed E-state index contributed by atoms with van der Waals surface area (Å²) in [5, 5.41) is 4.75. The molecule has 0 amide bonds. The van der Waals surface area contributed by atoms with Gasteiger partial charge in [-0.15, -0.1) is 0 Å². The fraction of sp³-hybridized carbons (Fsp3) is 0.571. The molecule has 1 aliphatic rings. The van der Waals surface area contributed by atoms with Crippen LogP contribution in [-0.4, -0.2) is 19.2 Å². The minimum absolute atomic E-state index is 0.0206. The van der Waals surface area contributed by atoms with Crippen LogP contribution in [-0.2, 0) is 4.74 Å². The van der Waals surface area contributed by atoms with Crippen molar-refractivity contribution >= 4 is 23.2 Å². The average Bonchev–Trinajstić information content (AvgIpc) is 2.28. The molecule has 1 fully saturated rings. The van der Waals surface area contributed by atoms with Gasteiger partial charge in [0.25, 0.3) is 0 Å². The van der Waals surface area contributed by atoms with E-state index >= 15 is 0 Å². The molecule has 0 aliphatic carbocycles. The number of nitrogens with one attached hydrogen (secondary N) is 1. The van der Waals surface area contributed by atoms with Gasteiger partial charge in [-0.1, -0.05) is 43.1 Å². The Morgan fingerprint density at radius 1 is 1.33 bits per heavy atom. The standard InChI is InChI=1S/C14H19Cl2NO/c1-9(2)5-11-7-17-8-14(18-11)12-4-3-10(15)6-13(12)16/h3-4,6,9,11,14,17H,5,7-8H2,1-2H3. The van der Waals surface area contributed by atoms with Crippen LogP contribution in [0.5, 0.6) is 0 Å². The summed E-state index contributed by atoms with van der Waals surface area (Å²) in [6, 6.07) is 5.58. The van der Waals surface area contributed by atoms with Gasteiger partial charge >= 0.3 is 0 Å². The molecule has 0 saturated carbocycles. The lowest BCUT2D eigenvalue weighted by Crippen LogP contribution is -2.41. The topological polar surface area (TPSA) is 21.3 Å². The zero-order valence-electron chi connectivity index (χ0n) is 10.7. The Labute approximate surface area is 119 Å². The monoisotopic (exact) mass is 287 g/mol. The Bertz CT molecular complexity index is 409. The second kappa shape index (κ2) is 6.25. The van der Waals surface area contributed by atoms with Crippen LogP contribution in [0.2, 0.25) is 10.0 Å². The molecule has 2 atom stereocenters. The number of rotatable bonds is 3. The highest BCUT2D eigenvalue weighted by Gasteiger charge is 2.25. The molecular weight excluding hydrogens is 269 g/mol. The predicted molar refractivity (Wildman–Crippen MR) is 76.4 cm³/mol. The van der Waals surface area contributed by atoms with Crippen LogP contribution in [0.3, 0.4) is 0 Å². The molecule has 4 heteroatoms. The van der Waals surface area contributed by atoms with E-state index in [4.69, 9.17) is 27.9 Å². The van der Waals surface area contributed by atoms with E-state index in [1.807, 2.05) is 12.1 Å². The van der Waals surface area contributed by atoms with E-state index in [1.54, 1.807) is 6.07 Å². The fourth-order valence-electron chi connectivity index (χ4n) is 2.31. The van der Waals surface area contributed by atoms with Gasteiger partial charge in [-0.25, -0.2) is 0 Å². The first-order chi connectivity index (χ1) is 8.56. The maximum absolute atomic E-state index is 6.22. The van der Waals surface area contributed by atoms with Gasteiger partial charge in [-0.05, 0) is 24.5 Å². The third-order valence-corrected chi connectivity index (χ3v) is 3.66. The molecule has 1 N–H and O–H groups in total. The van der Waals surface area contributed by atoms with E-state index in [2.05, 4.69) is 19.2 Å². The molecule has 0 bridgehead atoms. The average molecular weight is 288 g/mol. The maximum atomic E-state index is 6.22. The number of morpholine rings is 1. The lowest BCUT2D eigenvalue weighted by Gasteiger charge is -2.32. The molecule has 1 aromatic rings. The summed E-state index contributed by atoms with van der Waals surface area (Å²) in [7, 11) is 0. The summed E-state index contributed by atoms with van der Waals surface area (Å²) in [4.78, 5) is 0. The molecule has 1 aliphatic heterocycles. The molecular formula is C14H19Cl2NO. The van der Waals surface area contributed by atoms with Gasteiger partial charge in [0.1, 0.15) is 0 Å². The fourth-order valence-corrected chi connectivity index (χ4v) is 2.84. The Hall–Kier alpha value is -0.280.